The number of ether oxygens (including phenoxy) is 1. The maximum absolute atomic E-state index is 14.2. The summed E-state index contributed by atoms with van der Waals surface area (Å²) >= 11 is 1.28. The topological polar surface area (TPSA) is 72.3 Å². The van der Waals surface area contributed by atoms with Gasteiger partial charge in [-0.15, -0.1) is 10.2 Å². The highest BCUT2D eigenvalue weighted by atomic mass is 32.1. The molecule has 0 aliphatic carbocycles. The third-order valence-corrected chi connectivity index (χ3v) is 4.32. The third-order valence-electron chi connectivity index (χ3n) is 3.31. The number of aryl methyl sites for hydroxylation is 1. The molecule has 0 radical (unpaired) electrons. The Labute approximate surface area is 138 Å². The molecule has 23 heavy (non-hydrogen) atoms. The summed E-state index contributed by atoms with van der Waals surface area (Å²) in [5.74, 6) is -1.78. The van der Waals surface area contributed by atoms with Gasteiger partial charge in [-0.3, -0.25) is 0 Å². The molecule has 1 aromatic carbocycles. The fourth-order valence-electron chi connectivity index (χ4n) is 2.00. The van der Waals surface area contributed by atoms with Crippen LogP contribution in [0.1, 0.15) is 42.6 Å². The second kappa shape index (κ2) is 6.62. The number of aromatic nitrogens is 2. The molecular weight excluding hydrogens is 319 g/mol. The number of hydrogen-bond donors (Lipinski definition) is 1. The van der Waals surface area contributed by atoms with Crippen LogP contribution >= 0.6 is 11.3 Å². The largest absolute Gasteiger partial charge is 0.496 e. The fourth-order valence-corrected chi connectivity index (χ4v) is 2.86. The Morgan fingerprint density at radius 1 is 1.35 bits per heavy atom. The third kappa shape index (κ3) is 4.25. The summed E-state index contributed by atoms with van der Waals surface area (Å²) in [7, 11) is 1.30. The average molecular weight is 338 g/mol. The van der Waals surface area contributed by atoms with Gasteiger partial charge in [0.1, 0.15) is 22.1 Å². The molecule has 1 aromatic heterocycles. The number of methoxy groups -OCH3 is 1. The molecule has 0 unspecified atom stereocenters. The first-order valence-electron chi connectivity index (χ1n) is 7.15. The van der Waals surface area contributed by atoms with Gasteiger partial charge in [-0.1, -0.05) is 32.1 Å². The fraction of sp³-hybridized carbons (Fsp3) is 0.438. The van der Waals surface area contributed by atoms with Gasteiger partial charge in [-0.2, -0.15) is 0 Å². The molecule has 124 valence electrons. The van der Waals surface area contributed by atoms with E-state index >= 15 is 0 Å². The molecule has 0 spiro atoms. The molecule has 2 rings (SSSR count). The molecule has 2 aromatic rings. The van der Waals surface area contributed by atoms with E-state index < -0.39 is 11.8 Å². The smallest absolute Gasteiger partial charge is 0.339 e. The lowest BCUT2D eigenvalue weighted by molar-refractivity contribution is 0.0693. The highest BCUT2D eigenvalue weighted by molar-refractivity contribution is 7.14. The lowest BCUT2D eigenvalue weighted by Gasteiger charge is -2.16. The highest BCUT2D eigenvalue weighted by Crippen LogP contribution is 2.32. The zero-order chi connectivity index (χ0) is 17.2. The number of benzene rings is 1. The Morgan fingerprint density at radius 3 is 2.61 bits per heavy atom. The number of hydrogen-bond acceptors (Lipinski definition) is 5. The van der Waals surface area contributed by atoms with Crippen LogP contribution in [0.2, 0.25) is 0 Å². The summed E-state index contributed by atoms with van der Waals surface area (Å²) in [6.45, 7) is 6.41. The number of rotatable bonds is 5. The standard InChI is InChI=1S/C16H19FN2O3S/c1-16(2,3)6-5-13-18-19-14(23-13)9-7-10(15(20)21)12(22-4)8-11(9)17/h7-8H,5-6H2,1-4H3,(H,20,21). The minimum atomic E-state index is -1.18. The van der Waals surface area contributed by atoms with E-state index in [0.717, 1.165) is 23.9 Å². The Morgan fingerprint density at radius 2 is 2.04 bits per heavy atom. The molecule has 0 aliphatic rings. The van der Waals surface area contributed by atoms with Gasteiger partial charge < -0.3 is 9.84 Å². The van der Waals surface area contributed by atoms with Gasteiger partial charge in [-0.25, -0.2) is 9.18 Å². The van der Waals surface area contributed by atoms with E-state index in [1.165, 1.54) is 24.5 Å². The zero-order valence-corrected chi connectivity index (χ0v) is 14.3. The Kier molecular flexibility index (Phi) is 4.99. The first-order chi connectivity index (χ1) is 10.7. The number of nitrogens with zero attached hydrogens (tertiary/aromatic N) is 2. The van der Waals surface area contributed by atoms with E-state index in [1.807, 2.05) is 0 Å². The van der Waals surface area contributed by atoms with Crippen molar-refractivity contribution in [3.63, 3.8) is 0 Å². The van der Waals surface area contributed by atoms with Crippen molar-refractivity contribution < 1.29 is 19.0 Å². The van der Waals surface area contributed by atoms with Gasteiger partial charge >= 0.3 is 5.97 Å². The second-order valence-electron chi connectivity index (χ2n) is 6.40. The van der Waals surface area contributed by atoms with Crippen molar-refractivity contribution in [2.45, 2.75) is 33.6 Å². The van der Waals surface area contributed by atoms with Crippen LogP contribution in [0.4, 0.5) is 4.39 Å². The summed E-state index contributed by atoms with van der Waals surface area (Å²) < 4.78 is 19.1. The molecule has 7 heteroatoms. The van der Waals surface area contributed by atoms with Crippen molar-refractivity contribution in [3.05, 3.63) is 28.5 Å². The minimum Gasteiger partial charge on any atom is -0.496 e. The molecule has 0 aliphatic heterocycles. The number of carboxylic acid groups (broad SMARTS) is 1. The summed E-state index contributed by atoms with van der Waals surface area (Å²) in [6.07, 6.45) is 1.69. The van der Waals surface area contributed by atoms with Crippen molar-refractivity contribution in [2.24, 2.45) is 5.41 Å². The Hall–Kier alpha value is -2.02. The molecule has 0 amide bonds. The van der Waals surface area contributed by atoms with Crippen LogP contribution < -0.4 is 4.74 Å². The first kappa shape index (κ1) is 17.3. The van der Waals surface area contributed by atoms with Crippen LogP contribution in [0.15, 0.2) is 12.1 Å². The number of carbonyl (C=O) groups is 1. The molecule has 5 nitrogen and oxygen atoms in total. The number of halogens is 1. The van der Waals surface area contributed by atoms with E-state index in [-0.39, 0.29) is 22.3 Å². The molecule has 0 atom stereocenters. The van der Waals surface area contributed by atoms with Crippen LogP contribution in [-0.2, 0) is 6.42 Å². The summed E-state index contributed by atoms with van der Waals surface area (Å²) in [4.78, 5) is 11.3. The van der Waals surface area contributed by atoms with Crippen molar-refractivity contribution >= 4 is 17.3 Å². The first-order valence-corrected chi connectivity index (χ1v) is 7.96. The molecule has 1 heterocycles. The lowest BCUT2D eigenvalue weighted by atomic mass is 9.91. The summed E-state index contributed by atoms with van der Waals surface area (Å²) in [5, 5.41) is 18.5. The van der Waals surface area contributed by atoms with Crippen molar-refractivity contribution in [2.75, 3.05) is 7.11 Å². The van der Waals surface area contributed by atoms with Gasteiger partial charge in [-0.05, 0) is 17.9 Å². The molecule has 0 saturated carbocycles. The number of aromatic carboxylic acids is 1. The van der Waals surface area contributed by atoms with Gasteiger partial charge in [0.15, 0.2) is 5.01 Å². The summed E-state index contributed by atoms with van der Waals surface area (Å²) in [6, 6.07) is 2.31. The molecular formula is C16H19FN2O3S. The van der Waals surface area contributed by atoms with E-state index in [1.54, 1.807) is 0 Å². The average Bonchev–Trinajstić information content (AvgIpc) is 2.92. The quantitative estimate of drug-likeness (QED) is 0.891. The summed E-state index contributed by atoms with van der Waals surface area (Å²) in [5.41, 5.74) is 0.200. The monoisotopic (exact) mass is 338 g/mol. The predicted octanol–water partition coefficient (Wildman–Crippen LogP) is 4.03. The second-order valence-corrected chi connectivity index (χ2v) is 7.46. The minimum absolute atomic E-state index is 0.0174. The van der Waals surface area contributed by atoms with E-state index in [9.17, 15) is 14.3 Å². The van der Waals surface area contributed by atoms with Gasteiger partial charge in [0, 0.05) is 18.1 Å². The lowest BCUT2D eigenvalue weighted by Crippen LogP contribution is -2.06. The van der Waals surface area contributed by atoms with Crippen LogP contribution in [0.3, 0.4) is 0 Å². The van der Waals surface area contributed by atoms with Crippen molar-refractivity contribution in [1.82, 2.24) is 10.2 Å². The van der Waals surface area contributed by atoms with Crippen LogP contribution in [0, 0.1) is 11.2 Å². The number of carboxylic acids is 1. The highest BCUT2D eigenvalue weighted by Gasteiger charge is 2.20. The molecule has 0 fully saturated rings. The van der Waals surface area contributed by atoms with Gasteiger partial charge in [0.05, 0.1) is 7.11 Å². The van der Waals surface area contributed by atoms with E-state index in [2.05, 4.69) is 31.0 Å². The van der Waals surface area contributed by atoms with Crippen molar-refractivity contribution in [3.8, 4) is 16.3 Å². The Balaban J connectivity index is 2.33. The van der Waals surface area contributed by atoms with E-state index in [0.29, 0.717) is 5.01 Å². The van der Waals surface area contributed by atoms with Crippen LogP contribution in [0.5, 0.6) is 5.75 Å². The Bertz CT molecular complexity index is 723. The molecule has 0 saturated heterocycles. The maximum Gasteiger partial charge on any atom is 0.339 e. The van der Waals surface area contributed by atoms with Crippen LogP contribution in [-0.4, -0.2) is 28.4 Å². The van der Waals surface area contributed by atoms with Crippen LogP contribution in [0.25, 0.3) is 10.6 Å². The SMILES string of the molecule is COc1cc(F)c(-c2nnc(CCC(C)(C)C)s2)cc1C(=O)O. The normalized spacial score (nSPS) is 11.5. The zero-order valence-electron chi connectivity index (χ0n) is 13.5. The maximum atomic E-state index is 14.2. The predicted molar refractivity (Wildman–Crippen MR) is 86.6 cm³/mol. The van der Waals surface area contributed by atoms with Crippen molar-refractivity contribution in [1.29, 1.82) is 0 Å². The van der Waals surface area contributed by atoms with E-state index in [4.69, 9.17) is 4.74 Å². The molecule has 1 N–H and O–H groups in total. The van der Waals surface area contributed by atoms with Gasteiger partial charge in [0.25, 0.3) is 0 Å². The molecule has 0 bridgehead atoms. The van der Waals surface area contributed by atoms with Gasteiger partial charge in [0.2, 0.25) is 0 Å².